The van der Waals surface area contributed by atoms with Gasteiger partial charge in [-0.05, 0) is 30.5 Å². The normalized spacial score (nSPS) is 21.1. The molecule has 120 valence electrons. The van der Waals surface area contributed by atoms with Crippen molar-refractivity contribution in [2.75, 3.05) is 13.7 Å². The van der Waals surface area contributed by atoms with Gasteiger partial charge < -0.3 is 14.7 Å². The Balaban J connectivity index is 2.08. The first-order chi connectivity index (χ1) is 10.4. The van der Waals surface area contributed by atoms with Crippen molar-refractivity contribution in [3.63, 3.8) is 0 Å². The van der Waals surface area contributed by atoms with Gasteiger partial charge in [-0.15, -0.1) is 0 Å². The number of hydrogen-bond acceptors (Lipinski definition) is 3. The van der Waals surface area contributed by atoms with Gasteiger partial charge in [0.1, 0.15) is 0 Å². The van der Waals surface area contributed by atoms with Crippen LogP contribution in [0.1, 0.15) is 24.0 Å². The van der Waals surface area contributed by atoms with Gasteiger partial charge in [-0.25, -0.2) is 0 Å². The van der Waals surface area contributed by atoms with E-state index in [2.05, 4.69) is 15.9 Å². The number of hydrogen-bond donors (Lipinski definition) is 1. The molecule has 22 heavy (non-hydrogen) atoms. The van der Waals surface area contributed by atoms with E-state index in [1.807, 2.05) is 25.1 Å². The Morgan fingerprint density at radius 3 is 2.77 bits per heavy atom. The lowest BCUT2D eigenvalue weighted by Crippen LogP contribution is -2.38. The minimum atomic E-state index is -0.891. The first-order valence-corrected chi connectivity index (χ1v) is 7.99. The minimum absolute atomic E-state index is 0.0385. The summed E-state index contributed by atoms with van der Waals surface area (Å²) in [5.41, 5.74) is 2.03. The van der Waals surface area contributed by atoms with Crippen LogP contribution in [-0.2, 0) is 20.7 Å². The van der Waals surface area contributed by atoms with Crippen LogP contribution in [0.2, 0.25) is 0 Å². The summed E-state index contributed by atoms with van der Waals surface area (Å²) in [5, 5.41) is 9.00. The van der Waals surface area contributed by atoms with Crippen LogP contribution >= 0.6 is 15.9 Å². The average molecular weight is 370 g/mol. The van der Waals surface area contributed by atoms with Crippen LogP contribution in [0.15, 0.2) is 22.7 Å². The van der Waals surface area contributed by atoms with Crippen LogP contribution in [0.25, 0.3) is 0 Å². The van der Waals surface area contributed by atoms with E-state index in [9.17, 15) is 9.59 Å². The number of carboxylic acid groups (broad SMARTS) is 1. The summed E-state index contributed by atoms with van der Waals surface area (Å²) in [5.74, 6) is -0.945. The van der Waals surface area contributed by atoms with Crippen molar-refractivity contribution < 1.29 is 19.4 Å². The fourth-order valence-electron chi connectivity index (χ4n) is 2.77. The molecule has 1 aromatic rings. The molecule has 1 N–H and O–H groups in total. The van der Waals surface area contributed by atoms with E-state index < -0.39 is 5.97 Å². The Kier molecular flexibility index (Phi) is 5.58. The Labute approximate surface area is 138 Å². The van der Waals surface area contributed by atoms with Crippen LogP contribution in [0.5, 0.6) is 0 Å². The number of rotatable bonds is 5. The lowest BCUT2D eigenvalue weighted by atomic mass is 10.1. The summed E-state index contributed by atoms with van der Waals surface area (Å²) < 4.78 is 6.26. The molecule has 0 bridgehead atoms. The molecule has 1 aliphatic heterocycles. The Morgan fingerprint density at radius 2 is 2.18 bits per heavy atom. The molecule has 0 radical (unpaired) electrons. The van der Waals surface area contributed by atoms with Crippen LogP contribution in [0.3, 0.4) is 0 Å². The first kappa shape index (κ1) is 17.0. The quantitative estimate of drug-likeness (QED) is 0.865. The van der Waals surface area contributed by atoms with E-state index in [0.717, 1.165) is 15.6 Å². The molecule has 1 heterocycles. The zero-order chi connectivity index (χ0) is 16.3. The second-order valence-electron chi connectivity index (χ2n) is 5.65. The number of carboxylic acids is 1. The Hall–Kier alpha value is -1.40. The maximum atomic E-state index is 12.5. The highest BCUT2D eigenvalue weighted by molar-refractivity contribution is 9.10. The van der Waals surface area contributed by atoms with Crippen molar-refractivity contribution in [2.45, 2.75) is 38.3 Å². The van der Waals surface area contributed by atoms with Crippen LogP contribution in [0, 0.1) is 6.92 Å². The molecule has 0 spiro atoms. The SMILES string of the molecule is COC1CC(CC(=O)O)N(C(=O)Cc2ccc(C)c(Br)c2)C1. The molecule has 2 atom stereocenters. The van der Waals surface area contributed by atoms with E-state index in [1.54, 1.807) is 12.0 Å². The lowest BCUT2D eigenvalue weighted by Gasteiger charge is -2.23. The highest BCUT2D eigenvalue weighted by atomic mass is 79.9. The van der Waals surface area contributed by atoms with Crippen molar-refractivity contribution in [1.82, 2.24) is 4.90 Å². The third-order valence-electron chi connectivity index (χ3n) is 4.03. The van der Waals surface area contributed by atoms with Crippen molar-refractivity contribution in [1.29, 1.82) is 0 Å². The number of likely N-dealkylation sites (tertiary alicyclic amines) is 1. The van der Waals surface area contributed by atoms with Gasteiger partial charge in [0.25, 0.3) is 0 Å². The predicted octanol–water partition coefficient (Wildman–Crippen LogP) is 2.39. The van der Waals surface area contributed by atoms with Crippen molar-refractivity contribution >= 4 is 27.8 Å². The van der Waals surface area contributed by atoms with Gasteiger partial charge in [0.15, 0.2) is 0 Å². The Bertz CT molecular complexity index is 575. The number of aryl methyl sites for hydroxylation is 1. The summed E-state index contributed by atoms with van der Waals surface area (Å²) in [6.45, 7) is 2.45. The highest BCUT2D eigenvalue weighted by Crippen LogP contribution is 2.24. The number of amides is 1. The number of aliphatic carboxylic acids is 1. The molecular weight excluding hydrogens is 350 g/mol. The number of benzene rings is 1. The molecule has 6 heteroatoms. The summed E-state index contributed by atoms with van der Waals surface area (Å²) in [6, 6.07) is 5.53. The number of nitrogens with zero attached hydrogens (tertiary/aromatic N) is 1. The molecule has 5 nitrogen and oxygen atoms in total. The molecule has 0 aromatic heterocycles. The van der Waals surface area contributed by atoms with Crippen molar-refractivity contribution in [3.05, 3.63) is 33.8 Å². The largest absolute Gasteiger partial charge is 0.481 e. The lowest BCUT2D eigenvalue weighted by molar-refractivity contribution is -0.139. The molecular formula is C16H20BrNO4. The van der Waals surface area contributed by atoms with E-state index >= 15 is 0 Å². The van der Waals surface area contributed by atoms with Crippen molar-refractivity contribution in [3.8, 4) is 0 Å². The molecule has 1 saturated heterocycles. The number of methoxy groups -OCH3 is 1. The molecule has 1 aromatic carbocycles. The van der Waals surface area contributed by atoms with Gasteiger partial charge in [-0.3, -0.25) is 9.59 Å². The van der Waals surface area contributed by atoms with E-state index in [0.29, 0.717) is 13.0 Å². The topological polar surface area (TPSA) is 66.8 Å². The van der Waals surface area contributed by atoms with Crippen LogP contribution in [0.4, 0.5) is 0 Å². The van der Waals surface area contributed by atoms with Crippen LogP contribution in [-0.4, -0.2) is 47.7 Å². The van der Waals surface area contributed by atoms with E-state index in [1.165, 1.54) is 0 Å². The number of carbonyl (C=O) groups is 2. The summed E-state index contributed by atoms with van der Waals surface area (Å²) >= 11 is 3.46. The van der Waals surface area contributed by atoms with Gasteiger partial charge >= 0.3 is 5.97 Å². The minimum Gasteiger partial charge on any atom is -0.481 e. The molecule has 1 aliphatic rings. The number of halogens is 1. The monoisotopic (exact) mass is 369 g/mol. The van der Waals surface area contributed by atoms with Gasteiger partial charge in [0.05, 0.1) is 18.9 Å². The summed E-state index contributed by atoms with van der Waals surface area (Å²) in [7, 11) is 1.59. The Morgan fingerprint density at radius 1 is 1.45 bits per heavy atom. The number of carbonyl (C=O) groups excluding carboxylic acids is 1. The standard InChI is InChI=1S/C16H20BrNO4/c1-10-3-4-11(5-14(10)17)6-15(19)18-9-13(22-2)7-12(18)8-16(20)21/h3-5,12-13H,6-9H2,1-2H3,(H,20,21). The second-order valence-corrected chi connectivity index (χ2v) is 6.51. The van der Waals surface area contributed by atoms with Crippen molar-refractivity contribution in [2.24, 2.45) is 0 Å². The van der Waals surface area contributed by atoms with Gasteiger partial charge in [-0.1, -0.05) is 28.1 Å². The molecule has 2 unspecified atom stereocenters. The van der Waals surface area contributed by atoms with E-state index in [-0.39, 0.29) is 30.9 Å². The zero-order valence-corrected chi connectivity index (χ0v) is 14.3. The molecule has 2 rings (SSSR count). The third-order valence-corrected chi connectivity index (χ3v) is 4.89. The number of ether oxygens (including phenoxy) is 1. The molecule has 0 aliphatic carbocycles. The predicted molar refractivity (Wildman–Crippen MR) is 85.8 cm³/mol. The van der Waals surface area contributed by atoms with Gasteiger partial charge in [0.2, 0.25) is 5.91 Å². The fraction of sp³-hybridized carbons (Fsp3) is 0.500. The molecule has 1 fully saturated rings. The second kappa shape index (κ2) is 7.24. The van der Waals surface area contributed by atoms with Gasteiger partial charge in [0, 0.05) is 24.2 Å². The molecule has 0 saturated carbocycles. The maximum Gasteiger partial charge on any atom is 0.305 e. The molecule has 1 amide bonds. The highest BCUT2D eigenvalue weighted by Gasteiger charge is 2.36. The van der Waals surface area contributed by atoms with Crippen LogP contribution < -0.4 is 0 Å². The van der Waals surface area contributed by atoms with E-state index in [4.69, 9.17) is 9.84 Å². The average Bonchev–Trinajstić information content (AvgIpc) is 2.85. The summed E-state index contributed by atoms with van der Waals surface area (Å²) in [6.07, 6.45) is 0.721. The fourth-order valence-corrected chi connectivity index (χ4v) is 3.19. The maximum absolute atomic E-state index is 12.5. The third kappa shape index (κ3) is 4.08. The zero-order valence-electron chi connectivity index (χ0n) is 12.7. The van der Waals surface area contributed by atoms with Gasteiger partial charge in [-0.2, -0.15) is 0 Å². The summed E-state index contributed by atoms with van der Waals surface area (Å²) in [4.78, 5) is 25.1. The first-order valence-electron chi connectivity index (χ1n) is 7.19. The smallest absolute Gasteiger partial charge is 0.305 e.